The average Bonchev–Trinajstić information content (AvgIpc) is 1.85. The molecular formula is C9H20O2Si. The molecule has 0 aromatic carbocycles. The largest absolute Gasteiger partial charge is 0.393 e. The van der Waals surface area contributed by atoms with Crippen molar-refractivity contribution in [3.8, 4) is 0 Å². The third-order valence-electron chi connectivity index (χ3n) is 2.78. The van der Waals surface area contributed by atoms with Gasteiger partial charge in [0.15, 0.2) is 0 Å². The van der Waals surface area contributed by atoms with E-state index in [1.54, 1.807) is 0 Å². The molecule has 0 heterocycles. The van der Waals surface area contributed by atoms with Crippen LogP contribution >= 0.6 is 0 Å². The Kier molecular flexibility index (Phi) is 3.94. The Labute approximate surface area is 78.3 Å². The van der Waals surface area contributed by atoms with Crippen LogP contribution in [-0.4, -0.2) is 21.2 Å². The minimum atomic E-state index is -0.666. The zero-order chi connectivity index (χ0) is 9.99. The fourth-order valence-electron chi connectivity index (χ4n) is 0.629. The summed E-state index contributed by atoms with van der Waals surface area (Å²) in [4.78, 5) is 0. The monoisotopic (exact) mass is 188 g/mol. The molecule has 3 heteroatoms. The molecule has 0 rings (SSSR count). The Hall–Kier alpha value is 0.137. The summed E-state index contributed by atoms with van der Waals surface area (Å²) in [7, 11) is 0.341. The second kappa shape index (κ2) is 3.90. The topological polar surface area (TPSA) is 29.5 Å². The molecule has 0 aromatic rings. The molecule has 12 heavy (non-hydrogen) atoms. The van der Waals surface area contributed by atoms with Crippen LogP contribution < -0.4 is 0 Å². The molecule has 0 saturated carbocycles. The summed E-state index contributed by atoms with van der Waals surface area (Å²) < 4.78 is 5.22. The van der Waals surface area contributed by atoms with Gasteiger partial charge in [0.25, 0.3) is 0 Å². The van der Waals surface area contributed by atoms with Crippen LogP contribution in [0.3, 0.4) is 0 Å². The van der Waals surface area contributed by atoms with Gasteiger partial charge in [-0.2, -0.15) is 0 Å². The first-order valence-corrected chi connectivity index (χ1v) is 5.64. The predicted molar refractivity (Wildman–Crippen MR) is 51.9 cm³/mol. The summed E-state index contributed by atoms with van der Waals surface area (Å²) in [5, 5.41) is 9.70. The molecule has 0 aromatic heterocycles. The van der Waals surface area contributed by atoms with Crippen molar-refractivity contribution >= 4 is 9.76 Å². The van der Waals surface area contributed by atoms with Crippen molar-refractivity contribution in [3.05, 3.63) is 0 Å². The van der Waals surface area contributed by atoms with Gasteiger partial charge in [0, 0.05) is 5.41 Å². The molecule has 1 N–H and O–H groups in total. The van der Waals surface area contributed by atoms with Crippen molar-refractivity contribution in [2.24, 2.45) is 10.8 Å². The van der Waals surface area contributed by atoms with Gasteiger partial charge in [-0.05, 0) is 12.0 Å². The van der Waals surface area contributed by atoms with Crippen molar-refractivity contribution in [1.82, 2.24) is 0 Å². The Bertz CT molecular complexity index is 138. The van der Waals surface area contributed by atoms with Crippen LogP contribution in [0.15, 0.2) is 0 Å². The van der Waals surface area contributed by atoms with Crippen molar-refractivity contribution < 1.29 is 9.53 Å². The SMILES string of the molecule is C[Si]OC(O)C(C)(C)C(C)(C)C. The van der Waals surface area contributed by atoms with E-state index >= 15 is 0 Å². The van der Waals surface area contributed by atoms with Gasteiger partial charge in [-0.15, -0.1) is 0 Å². The van der Waals surface area contributed by atoms with Crippen molar-refractivity contribution in [1.29, 1.82) is 0 Å². The summed E-state index contributed by atoms with van der Waals surface area (Å²) in [6, 6.07) is 0. The quantitative estimate of drug-likeness (QED) is 0.542. The van der Waals surface area contributed by atoms with E-state index < -0.39 is 6.29 Å². The van der Waals surface area contributed by atoms with Crippen molar-refractivity contribution in [3.63, 3.8) is 0 Å². The highest BCUT2D eigenvalue weighted by atomic mass is 28.2. The molecule has 0 amide bonds. The van der Waals surface area contributed by atoms with Crippen LogP contribution in [0.4, 0.5) is 0 Å². The van der Waals surface area contributed by atoms with E-state index in [0.29, 0.717) is 9.76 Å². The van der Waals surface area contributed by atoms with Crippen LogP contribution in [0, 0.1) is 10.8 Å². The maximum Gasteiger partial charge on any atom is 0.229 e. The Morgan fingerprint density at radius 3 is 1.83 bits per heavy atom. The van der Waals surface area contributed by atoms with E-state index in [2.05, 4.69) is 20.8 Å². The molecule has 72 valence electrons. The number of aliphatic hydroxyl groups excluding tert-OH is 1. The normalized spacial score (nSPS) is 16.2. The van der Waals surface area contributed by atoms with Crippen LogP contribution in [0.1, 0.15) is 34.6 Å². The third-order valence-corrected chi connectivity index (χ3v) is 3.24. The molecule has 0 fully saturated rings. The predicted octanol–water partition coefficient (Wildman–Crippen LogP) is 2.06. The zero-order valence-electron chi connectivity index (χ0n) is 8.93. The molecule has 0 saturated heterocycles. The van der Waals surface area contributed by atoms with E-state index in [1.807, 2.05) is 20.4 Å². The van der Waals surface area contributed by atoms with Gasteiger partial charge in [-0.3, -0.25) is 0 Å². The summed E-state index contributed by atoms with van der Waals surface area (Å²) in [6.45, 7) is 12.3. The standard InChI is InChI=1S/C9H20O2Si/c1-8(2,3)9(4,5)7(10)11-12-6/h7,10H,1-6H3. The molecular weight excluding hydrogens is 168 g/mol. The van der Waals surface area contributed by atoms with E-state index in [1.165, 1.54) is 0 Å². The van der Waals surface area contributed by atoms with E-state index in [4.69, 9.17) is 4.43 Å². The minimum absolute atomic E-state index is 0.0477. The number of rotatable bonds is 3. The molecule has 0 spiro atoms. The zero-order valence-corrected chi connectivity index (χ0v) is 9.93. The molecule has 0 bridgehead atoms. The molecule has 0 aliphatic rings. The lowest BCUT2D eigenvalue weighted by Gasteiger charge is -2.42. The molecule has 2 radical (unpaired) electrons. The van der Waals surface area contributed by atoms with E-state index in [0.717, 1.165) is 0 Å². The highest BCUT2D eigenvalue weighted by Crippen LogP contribution is 2.40. The summed E-state index contributed by atoms with van der Waals surface area (Å²) in [5.41, 5.74) is -0.165. The summed E-state index contributed by atoms with van der Waals surface area (Å²) in [5.74, 6) is 0. The van der Waals surface area contributed by atoms with Crippen molar-refractivity contribution in [2.75, 3.05) is 0 Å². The minimum Gasteiger partial charge on any atom is -0.393 e. The van der Waals surface area contributed by atoms with Crippen LogP contribution in [-0.2, 0) is 4.43 Å². The number of aliphatic hydroxyl groups is 1. The van der Waals surface area contributed by atoms with E-state index in [9.17, 15) is 5.11 Å². The molecule has 0 aliphatic heterocycles. The molecule has 2 nitrogen and oxygen atoms in total. The van der Waals surface area contributed by atoms with Gasteiger partial charge in [0.05, 0.1) is 0 Å². The lowest BCUT2D eigenvalue weighted by Crippen LogP contribution is -2.42. The van der Waals surface area contributed by atoms with Crippen LogP contribution in [0.5, 0.6) is 0 Å². The summed E-state index contributed by atoms with van der Waals surface area (Å²) >= 11 is 0. The van der Waals surface area contributed by atoms with Crippen LogP contribution in [0.2, 0.25) is 6.55 Å². The Balaban J connectivity index is 4.38. The third kappa shape index (κ3) is 2.57. The fourth-order valence-corrected chi connectivity index (χ4v) is 1.15. The highest BCUT2D eigenvalue weighted by Gasteiger charge is 2.39. The van der Waals surface area contributed by atoms with Gasteiger partial charge in [0.1, 0.15) is 6.29 Å². The lowest BCUT2D eigenvalue weighted by atomic mass is 9.69. The fraction of sp³-hybridized carbons (Fsp3) is 1.00. The Morgan fingerprint density at radius 1 is 1.17 bits per heavy atom. The first-order valence-electron chi connectivity index (χ1n) is 4.24. The molecule has 1 unspecified atom stereocenters. The lowest BCUT2D eigenvalue weighted by molar-refractivity contribution is -0.142. The highest BCUT2D eigenvalue weighted by molar-refractivity contribution is 6.24. The van der Waals surface area contributed by atoms with Crippen molar-refractivity contribution in [2.45, 2.75) is 47.5 Å². The average molecular weight is 188 g/mol. The summed E-state index contributed by atoms with van der Waals surface area (Å²) in [6.07, 6.45) is -0.666. The van der Waals surface area contributed by atoms with Gasteiger partial charge >= 0.3 is 0 Å². The number of hydrogen-bond acceptors (Lipinski definition) is 2. The maximum atomic E-state index is 9.70. The van der Waals surface area contributed by atoms with Gasteiger partial charge < -0.3 is 9.53 Å². The first kappa shape index (κ1) is 12.1. The van der Waals surface area contributed by atoms with Gasteiger partial charge in [0.2, 0.25) is 9.76 Å². The van der Waals surface area contributed by atoms with Gasteiger partial charge in [-0.25, -0.2) is 0 Å². The van der Waals surface area contributed by atoms with Crippen LogP contribution in [0.25, 0.3) is 0 Å². The number of hydrogen-bond donors (Lipinski definition) is 1. The smallest absolute Gasteiger partial charge is 0.229 e. The first-order chi connectivity index (χ1) is 5.23. The maximum absolute atomic E-state index is 9.70. The second-order valence-electron chi connectivity index (χ2n) is 4.65. The molecule has 0 aliphatic carbocycles. The van der Waals surface area contributed by atoms with Gasteiger partial charge in [-0.1, -0.05) is 34.6 Å². The van der Waals surface area contributed by atoms with E-state index in [-0.39, 0.29) is 10.8 Å². The second-order valence-corrected chi connectivity index (χ2v) is 5.29. The Morgan fingerprint density at radius 2 is 1.58 bits per heavy atom. The molecule has 1 atom stereocenters.